The van der Waals surface area contributed by atoms with Gasteiger partial charge in [0, 0.05) is 18.7 Å². The molecular weight excluding hydrogens is 341 g/mol. The number of rotatable bonds is 6. The molecule has 0 aliphatic carbocycles. The van der Waals surface area contributed by atoms with Crippen molar-refractivity contribution in [3.05, 3.63) is 35.8 Å². The minimum atomic E-state index is -0.497. The average molecular weight is 361 g/mol. The number of aromatic hydroxyl groups is 1. The van der Waals surface area contributed by atoms with Crippen LogP contribution in [0.1, 0.15) is 12.5 Å². The van der Waals surface area contributed by atoms with E-state index in [-0.39, 0.29) is 17.5 Å². The third kappa shape index (κ3) is 4.17. The fourth-order valence-corrected chi connectivity index (χ4v) is 2.48. The zero-order valence-electron chi connectivity index (χ0n) is 14.4. The number of benzene rings is 1. The molecule has 2 aromatic rings. The second-order valence-electron chi connectivity index (χ2n) is 5.46. The van der Waals surface area contributed by atoms with Crippen LogP contribution < -0.4 is 15.1 Å². The van der Waals surface area contributed by atoms with Crippen LogP contribution in [0.4, 0.5) is 16.2 Å². The van der Waals surface area contributed by atoms with Crippen LogP contribution in [-0.2, 0) is 4.74 Å². The summed E-state index contributed by atoms with van der Waals surface area (Å²) in [6.45, 7) is 4.46. The molecule has 1 saturated heterocycles. The summed E-state index contributed by atoms with van der Waals surface area (Å²) in [6.07, 6.45) is 2.52. The summed E-state index contributed by atoms with van der Waals surface area (Å²) in [5.41, 5.74) is 3.12. The van der Waals surface area contributed by atoms with Crippen molar-refractivity contribution < 1.29 is 19.0 Å². The molecule has 0 saturated carbocycles. The van der Waals surface area contributed by atoms with Crippen molar-refractivity contribution in [1.29, 1.82) is 0 Å². The summed E-state index contributed by atoms with van der Waals surface area (Å²) in [5, 5.41) is 14.1. The first-order chi connectivity index (χ1) is 12.7. The van der Waals surface area contributed by atoms with Gasteiger partial charge in [0.25, 0.3) is 0 Å². The van der Waals surface area contributed by atoms with Gasteiger partial charge in [-0.3, -0.25) is 0 Å². The Morgan fingerprint density at radius 1 is 1.42 bits per heavy atom. The molecule has 138 valence electrons. The average Bonchev–Trinajstić information content (AvgIpc) is 2.67. The van der Waals surface area contributed by atoms with E-state index in [1.807, 2.05) is 6.92 Å². The number of halogens is 1. The van der Waals surface area contributed by atoms with Crippen molar-refractivity contribution in [1.82, 2.24) is 9.97 Å². The molecule has 1 fully saturated rings. The van der Waals surface area contributed by atoms with E-state index in [1.165, 1.54) is 6.21 Å². The highest BCUT2D eigenvalue weighted by Crippen LogP contribution is 2.28. The molecule has 26 heavy (non-hydrogen) atoms. The van der Waals surface area contributed by atoms with Crippen molar-refractivity contribution in [2.45, 2.75) is 6.92 Å². The zero-order valence-corrected chi connectivity index (χ0v) is 14.4. The molecular formula is C17H20FN5O3. The van der Waals surface area contributed by atoms with Crippen LogP contribution in [0.25, 0.3) is 0 Å². The van der Waals surface area contributed by atoms with Crippen LogP contribution in [0.3, 0.4) is 0 Å². The molecule has 1 aliphatic heterocycles. The number of nitrogens with one attached hydrogen (secondary N) is 1. The smallest absolute Gasteiger partial charge is 0.245 e. The zero-order chi connectivity index (χ0) is 18.4. The van der Waals surface area contributed by atoms with Crippen LogP contribution in [0.5, 0.6) is 11.5 Å². The molecule has 9 heteroatoms. The van der Waals surface area contributed by atoms with Gasteiger partial charge in [0.2, 0.25) is 5.95 Å². The third-order valence-electron chi connectivity index (χ3n) is 3.73. The second kappa shape index (κ2) is 8.43. The van der Waals surface area contributed by atoms with Crippen LogP contribution in [0.2, 0.25) is 0 Å². The van der Waals surface area contributed by atoms with Gasteiger partial charge >= 0.3 is 0 Å². The first-order valence-electron chi connectivity index (χ1n) is 8.28. The molecule has 0 unspecified atom stereocenters. The van der Waals surface area contributed by atoms with Crippen LogP contribution in [-0.4, -0.2) is 54.2 Å². The highest BCUT2D eigenvalue weighted by Gasteiger charge is 2.17. The van der Waals surface area contributed by atoms with Crippen molar-refractivity contribution in [2.24, 2.45) is 5.10 Å². The maximum absolute atomic E-state index is 14.0. The predicted octanol–water partition coefficient (Wildman–Crippen LogP) is 2.00. The van der Waals surface area contributed by atoms with E-state index in [0.717, 1.165) is 6.20 Å². The number of nitrogens with zero attached hydrogens (tertiary/aromatic N) is 4. The first-order valence-corrected chi connectivity index (χ1v) is 8.28. The Labute approximate surface area is 150 Å². The Morgan fingerprint density at radius 3 is 3.00 bits per heavy atom. The Morgan fingerprint density at radius 2 is 2.23 bits per heavy atom. The maximum atomic E-state index is 14.0. The van der Waals surface area contributed by atoms with Crippen molar-refractivity contribution in [3.63, 3.8) is 0 Å². The molecule has 3 rings (SSSR count). The number of hydrogen-bond acceptors (Lipinski definition) is 8. The monoisotopic (exact) mass is 361 g/mol. The molecule has 0 bridgehead atoms. The first kappa shape index (κ1) is 17.9. The largest absolute Gasteiger partial charge is 0.504 e. The predicted molar refractivity (Wildman–Crippen MR) is 95.5 cm³/mol. The SMILES string of the molecule is CCOc1cccc(/C=N\Nc2ncc(F)c(N3CCOCC3)n2)c1O. The summed E-state index contributed by atoms with van der Waals surface area (Å²) < 4.78 is 24.6. The minimum absolute atomic E-state index is 0.00562. The number of phenolic OH excluding ortho intramolecular Hbond substituents is 1. The van der Waals surface area contributed by atoms with Crippen molar-refractivity contribution in [2.75, 3.05) is 43.2 Å². The minimum Gasteiger partial charge on any atom is -0.504 e. The molecule has 2 N–H and O–H groups in total. The lowest BCUT2D eigenvalue weighted by molar-refractivity contribution is 0.122. The van der Waals surface area contributed by atoms with Crippen LogP contribution in [0, 0.1) is 5.82 Å². The third-order valence-corrected chi connectivity index (χ3v) is 3.73. The Bertz CT molecular complexity index is 781. The van der Waals surface area contributed by atoms with Gasteiger partial charge in [-0.25, -0.2) is 14.8 Å². The highest BCUT2D eigenvalue weighted by atomic mass is 19.1. The summed E-state index contributed by atoms with van der Waals surface area (Å²) in [5.74, 6) is 0.244. The normalized spacial score (nSPS) is 14.6. The van der Waals surface area contributed by atoms with Gasteiger partial charge in [0.05, 0.1) is 32.2 Å². The number of phenols is 1. The molecule has 0 amide bonds. The molecule has 1 aromatic carbocycles. The second-order valence-corrected chi connectivity index (χ2v) is 5.46. The fourth-order valence-electron chi connectivity index (χ4n) is 2.48. The van der Waals surface area contributed by atoms with Gasteiger partial charge in [0.1, 0.15) is 0 Å². The van der Waals surface area contributed by atoms with E-state index in [2.05, 4.69) is 20.5 Å². The quantitative estimate of drug-likeness (QED) is 0.600. The Hall–Kier alpha value is -2.94. The van der Waals surface area contributed by atoms with Crippen molar-refractivity contribution >= 4 is 18.0 Å². The topological polar surface area (TPSA) is 92.1 Å². The summed E-state index contributed by atoms with van der Waals surface area (Å²) in [4.78, 5) is 9.85. The Balaban J connectivity index is 1.71. The molecule has 8 nitrogen and oxygen atoms in total. The number of ether oxygens (including phenoxy) is 2. The summed E-state index contributed by atoms with van der Waals surface area (Å²) >= 11 is 0. The van der Waals surface area contributed by atoms with Crippen LogP contribution >= 0.6 is 0 Å². The highest BCUT2D eigenvalue weighted by molar-refractivity contribution is 5.85. The lowest BCUT2D eigenvalue weighted by Gasteiger charge is -2.27. The van der Waals surface area contributed by atoms with Gasteiger partial charge in [0.15, 0.2) is 23.1 Å². The number of para-hydroxylation sites is 1. The van der Waals surface area contributed by atoms with Crippen molar-refractivity contribution in [3.8, 4) is 11.5 Å². The maximum Gasteiger partial charge on any atom is 0.245 e. The molecule has 1 aliphatic rings. The number of hydrogen-bond donors (Lipinski definition) is 2. The van der Waals surface area contributed by atoms with E-state index in [0.29, 0.717) is 44.2 Å². The van der Waals surface area contributed by atoms with E-state index in [9.17, 15) is 9.50 Å². The standard InChI is InChI=1S/C17H20FN5O3/c1-2-26-14-5-3-4-12(15(14)24)10-20-22-17-19-11-13(18)16(21-17)23-6-8-25-9-7-23/h3-5,10-11,24H,2,6-9H2,1H3,(H,19,21,22)/b20-10-. The van der Waals surface area contributed by atoms with Gasteiger partial charge in [-0.1, -0.05) is 6.07 Å². The van der Waals surface area contributed by atoms with E-state index in [4.69, 9.17) is 9.47 Å². The van der Waals surface area contributed by atoms with E-state index < -0.39 is 5.82 Å². The number of anilines is 2. The Kier molecular flexibility index (Phi) is 5.80. The summed E-state index contributed by atoms with van der Waals surface area (Å²) in [7, 11) is 0. The van der Waals surface area contributed by atoms with E-state index in [1.54, 1.807) is 23.1 Å². The number of hydrazone groups is 1. The lowest BCUT2D eigenvalue weighted by atomic mass is 10.2. The van der Waals surface area contributed by atoms with E-state index >= 15 is 0 Å². The molecule has 1 aromatic heterocycles. The number of morpholine rings is 1. The molecule has 0 atom stereocenters. The molecule has 0 radical (unpaired) electrons. The molecule has 0 spiro atoms. The van der Waals surface area contributed by atoms with Gasteiger partial charge in [-0.2, -0.15) is 10.1 Å². The lowest BCUT2D eigenvalue weighted by Crippen LogP contribution is -2.37. The van der Waals surface area contributed by atoms with Gasteiger partial charge in [-0.15, -0.1) is 0 Å². The number of aromatic nitrogens is 2. The fraction of sp³-hybridized carbons (Fsp3) is 0.353. The van der Waals surface area contributed by atoms with Gasteiger partial charge < -0.3 is 19.5 Å². The van der Waals surface area contributed by atoms with Crippen LogP contribution in [0.15, 0.2) is 29.5 Å². The molecule has 2 heterocycles. The summed E-state index contributed by atoms with van der Waals surface area (Å²) in [6, 6.07) is 5.10. The van der Waals surface area contributed by atoms with Gasteiger partial charge in [-0.05, 0) is 19.1 Å².